The lowest BCUT2D eigenvalue weighted by atomic mass is 9.71. The summed E-state index contributed by atoms with van der Waals surface area (Å²) >= 11 is 0. The molecule has 0 spiro atoms. The van der Waals surface area contributed by atoms with Gasteiger partial charge in [0.05, 0.1) is 0 Å². The van der Waals surface area contributed by atoms with Crippen LogP contribution in [0.5, 0.6) is 0 Å². The van der Waals surface area contributed by atoms with E-state index in [-0.39, 0.29) is 11.2 Å². The smallest absolute Gasteiger partial charge is 0.170 e. The molecule has 0 saturated carbocycles. The molecule has 1 aromatic rings. The van der Waals surface area contributed by atoms with Gasteiger partial charge in [0.2, 0.25) is 0 Å². The standard InChI is InChI=1S/C17H25N3O/c1-17(11-20-8-5-13(18)6-9-20)7-4-12-10-14(19)2-3-15(12)16(17)21/h2-3,10,13H,4-9,11,18-19H2,1H3. The third-order valence-electron chi connectivity index (χ3n) is 5.07. The van der Waals surface area contributed by atoms with Crippen molar-refractivity contribution in [1.29, 1.82) is 0 Å². The third-order valence-corrected chi connectivity index (χ3v) is 5.07. The van der Waals surface area contributed by atoms with Gasteiger partial charge in [0.15, 0.2) is 5.78 Å². The van der Waals surface area contributed by atoms with Crippen LogP contribution in [-0.4, -0.2) is 36.4 Å². The van der Waals surface area contributed by atoms with Gasteiger partial charge in [0.25, 0.3) is 0 Å². The highest BCUT2D eigenvalue weighted by atomic mass is 16.1. The van der Waals surface area contributed by atoms with E-state index < -0.39 is 0 Å². The normalized spacial score (nSPS) is 27.6. The monoisotopic (exact) mass is 287 g/mol. The average molecular weight is 287 g/mol. The molecule has 1 fully saturated rings. The van der Waals surface area contributed by atoms with Gasteiger partial charge in [-0.25, -0.2) is 0 Å². The second kappa shape index (κ2) is 5.43. The van der Waals surface area contributed by atoms with Crippen molar-refractivity contribution in [3.05, 3.63) is 29.3 Å². The lowest BCUT2D eigenvalue weighted by molar-refractivity contribution is 0.0660. The zero-order valence-corrected chi connectivity index (χ0v) is 12.8. The largest absolute Gasteiger partial charge is 0.399 e. The molecule has 4 nitrogen and oxygen atoms in total. The van der Waals surface area contributed by atoms with Crippen LogP contribution in [0.15, 0.2) is 18.2 Å². The van der Waals surface area contributed by atoms with Crippen LogP contribution in [0, 0.1) is 5.41 Å². The van der Waals surface area contributed by atoms with Gasteiger partial charge in [-0.15, -0.1) is 0 Å². The molecule has 3 rings (SSSR count). The first-order valence-corrected chi connectivity index (χ1v) is 7.89. The number of carbonyl (C=O) groups is 1. The molecule has 0 aromatic heterocycles. The Morgan fingerprint density at radius 1 is 1.33 bits per heavy atom. The maximum absolute atomic E-state index is 12.9. The van der Waals surface area contributed by atoms with E-state index in [1.54, 1.807) is 0 Å². The molecule has 1 heterocycles. The highest BCUT2D eigenvalue weighted by Crippen LogP contribution is 2.37. The number of nitrogens with zero attached hydrogens (tertiary/aromatic N) is 1. The number of carbonyl (C=O) groups excluding carboxylic acids is 1. The minimum absolute atomic E-state index is 0.273. The Bertz CT molecular complexity index is 549. The van der Waals surface area contributed by atoms with Crippen molar-refractivity contribution >= 4 is 11.5 Å². The predicted molar refractivity (Wildman–Crippen MR) is 85.3 cm³/mol. The summed E-state index contributed by atoms with van der Waals surface area (Å²) in [5.41, 5.74) is 14.2. The Balaban J connectivity index is 1.76. The Kier molecular flexibility index (Phi) is 3.76. The number of benzene rings is 1. The summed E-state index contributed by atoms with van der Waals surface area (Å²) in [4.78, 5) is 15.3. The number of fused-ring (bicyclic) bond motifs is 1. The van der Waals surface area contributed by atoms with Crippen molar-refractivity contribution < 1.29 is 4.79 Å². The van der Waals surface area contributed by atoms with E-state index in [4.69, 9.17) is 11.5 Å². The van der Waals surface area contributed by atoms with Gasteiger partial charge in [0.1, 0.15) is 0 Å². The number of piperidine rings is 1. The number of anilines is 1. The van der Waals surface area contributed by atoms with Crippen LogP contribution in [0.25, 0.3) is 0 Å². The highest BCUT2D eigenvalue weighted by molar-refractivity contribution is 6.03. The summed E-state index contributed by atoms with van der Waals surface area (Å²) < 4.78 is 0. The molecule has 1 aliphatic heterocycles. The molecule has 1 aromatic carbocycles. The van der Waals surface area contributed by atoms with E-state index in [0.717, 1.165) is 62.1 Å². The summed E-state index contributed by atoms with van der Waals surface area (Å²) in [6.07, 6.45) is 3.93. The van der Waals surface area contributed by atoms with Crippen molar-refractivity contribution in [3.8, 4) is 0 Å². The first-order valence-electron chi connectivity index (χ1n) is 7.89. The van der Waals surface area contributed by atoms with E-state index in [1.807, 2.05) is 18.2 Å². The molecular weight excluding hydrogens is 262 g/mol. The maximum Gasteiger partial charge on any atom is 0.170 e. The summed E-state index contributed by atoms with van der Waals surface area (Å²) in [7, 11) is 0. The fraction of sp³-hybridized carbons (Fsp3) is 0.588. The molecule has 4 heteroatoms. The van der Waals surface area contributed by atoms with Gasteiger partial charge in [0, 0.05) is 29.3 Å². The van der Waals surface area contributed by atoms with Crippen molar-refractivity contribution in [3.63, 3.8) is 0 Å². The number of nitrogens with two attached hydrogens (primary N) is 2. The minimum Gasteiger partial charge on any atom is -0.399 e. The van der Waals surface area contributed by atoms with Gasteiger partial charge >= 0.3 is 0 Å². The second-order valence-corrected chi connectivity index (χ2v) is 6.92. The molecular formula is C17H25N3O. The number of likely N-dealkylation sites (tertiary alicyclic amines) is 1. The summed E-state index contributed by atoms with van der Waals surface area (Å²) in [5, 5.41) is 0. The Morgan fingerprint density at radius 3 is 2.76 bits per heavy atom. The van der Waals surface area contributed by atoms with Crippen LogP contribution in [-0.2, 0) is 6.42 Å². The quantitative estimate of drug-likeness (QED) is 0.814. The SMILES string of the molecule is CC1(CN2CCC(N)CC2)CCc2cc(N)ccc2C1=O. The molecule has 2 aliphatic rings. The lowest BCUT2D eigenvalue weighted by Gasteiger charge is -2.40. The van der Waals surface area contributed by atoms with Gasteiger partial charge < -0.3 is 16.4 Å². The van der Waals surface area contributed by atoms with Crippen molar-refractivity contribution in [2.24, 2.45) is 11.1 Å². The number of hydrogen-bond donors (Lipinski definition) is 2. The van der Waals surface area contributed by atoms with Gasteiger partial charge in [-0.2, -0.15) is 0 Å². The maximum atomic E-state index is 12.9. The fourth-order valence-corrected chi connectivity index (χ4v) is 3.65. The second-order valence-electron chi connectivity index (χ2n) is 6.92. The van der Waals surface area contributed by atoms with E-state index in [0.29, 0.717) is 6.04 Å². The molecule has 21 heavy (non-hydrogen) atoms. The van der Waals surface area contributed by atoms with Crippen LogP contribution in [0.2, 0.25) is 0 Å². The zero-order valence-electron chi connectivity index (χ0n) is 12.8. The van der Waals surface area contributed by atoms with Crippen LogP contribution in [0.4, 0.5) is 5.69 Å². The fourth-order valence-electron chi connectivity index (χ4n) is 3.65. The van der Waals surface area contributed by atoms with Gasteiger partial charge in [-0.1, -0.05) is 6.92 Å². The van der Waals surface area contributed by atoms with Crippen molar-refractivity contribution in [2.45, 2.75) is 38.6 Å². The van der Waals surface area contributed by atoms with Gasteiger partial charge in [-0.3, -0.25) is 4.79 Å². The Labute approximate surface area is 126 Å². The van der Waals surface area contributed by atoms with E-state index in [9.17, 15) is 4.79 Å². The van der Waals surface area contributed by atoms with Crippen LogP contribution >= 0.6 is 0 Å². The van der Waals surface area contributed by atoms with Crippen molar-refractivity contribution in [2.75, 3.05) is 25.4 Å². The first kappa shape index (κ1) is 14.5. The zero-order chi connectivity index (χ0) is 15.0. The Morgan fingerprint density at radius 2 is 2.05 bits per heavy atom. The number of rotatable bonds is 2. The predicted octanol–water partition coefficient (Wildman–Crippen LogP) is 1.83. The summed E-state index contributed by atoms with van der Waals surface area (Å²) in [6, 6.07) is 6.02. The first-order chi connectivity index (χ1) is 9.98. The molecule has 4 N–H and O–H groups in total. The number of aryl methyl sites for hydroxylation is 1. The van der Waals surface area contributed by atoms with E-state index in [2.05, 4.69) is 11.8 Å². The number of ketones is 1. The molecule has 1 aliphatic carbocycles. The Hall–Kier alpha value is -1.39. The van der Waals surface area contributed by atoms with Crippen molar-refractivity contribution in [1.82, 2.24) is 4.90 Å². The van der Waals surface area contributed by atoms with Crippen LogP contribution in [0.1, 0.15) is 42.1 Å². The molecule has 0 amide bonds. The number of nitrogen functional groups attached to an aromatic ring is 1. The molecule has 1 unspecified atom stereocenters. The summed E-state index contributed by atoms with van der Waals surface area (Å²) in [5.74, 6) is 0.277. The molecule has 0 bridgehead atoms. The molecule has 114 valence electrons. The third kappa shape index (κ3) is 2.83. The summed E-state index contributed by atoms with van der Waals surface area (Å²) in [6.45, 7) is 4.99. The highest BCUT2D eigenvalue weighted by Gasteiger charge is 2.40. The number of Topliss-reactive ketones (excluding diaryl/α,β-unsaturated/α-hetero) is 1. The van der Waals surface area contributed by atoms with E-state index >= 15 is 0 Å². The number of hydrogen-bond acceptors (Lipinski definition) is 4. The molecule has 0 radical (unpaired) electrons. The molecule has 1 atom stereocenters. The van der Waals surface area contributed by atoms with Crippen LogP contribution < -0.4 is 11.5 Å². The molecule has 1 saturated heterocycles. The van der Waals surface area contributed by atoms with E-state index in [1.165, 1.54) is 0 Å². The topological polar surface area (TPSA) is 72.3 Å². The minimum atomic E-state index is -0.273. The average Bonchev–Trinajstić information content (AvgIpc) is 2.46. The lowest BCUT2D eigenvalue weighted by Crippen LogP contribution is -2.48. The van der Waals surface area contributed by atoms with Gasteiger partial charge in [-0.05, 0) is 62.5 Å². The van der Waals surface area contributed by atoms with Crippen LogP contribution in [0.3, 0.4) is 0 Å².